The van der Waals surface area contributed by atoms with Crippen LogP contribution in [0.4, 0.5) is 5.69 Å². The fourth-order valence-corrected chi connectivity index (χ4v) is 1.84. The van der Waals surface area contributed by atoms with Crippen LogP contribution >= 0.6 is 0 Å². The lowest BCUT2D eigenvalue weighted by Crippen LogP contribution is -2.26. The van der Waals surface area contributed by atoms with Crippen molar-refractivity contribution in [1.29, 1.82) is 0 Å². The number of nitrogens with two attached hydrogens (primary N) is 1. The molecule has 0 radical (unpaired) electrons. The van der Waals surface area contributed by atoms with Crippen LogP contribution in [0.15, 0.2) is 35.1 Å². The van der Waals surface area contributed by atoms with Crippen LogP contribution in [0.2, 0.25) is 0 Å². The molecule has 1 aliphatic heterocycles. The average Bonchev–Trinajstić information content (AvgIpc) is 2.40. The van der Waals surface area contributed by atoms with Crippen molar-refractivity contribution in [2.45, 2.75) is 13.8 Å². The van der Waals surface area contributed by atoms with E-state index in [4.69, 9.17) is 10.3 Å². The number of rotatable bonds is 2. The average molecular weight is 313 g/mol. The number of anilines is 1. The summed E-state index contributed by atoms with van der Waals surface area (Å²) in [6.45, 7) is 5.01. The maximum absolute atomic E-state index is 9.33. The monoisotopic (exact) mass is 313 g/mol. The summed E-state index contributed by atoms with van der Waals surface area (Å²) in [4.78, 5) is 6.22. The minimum absolute atomic E-state index is 0.595. The molecule has 3 N–H and O–H groups in total. The van der Waals surface area contributed by atoms with E-state index in [1.54, 1.807) is 6.34 Å². The van der Waals surface area contributed by atoms with Crippen LogP contribution in [0.3, 0.4) is 0 Å². The van der Waals surface area contributed by atoms with Crippen LogP contribution in [0, 0.1) is 13.8 Å². The van der Waals surface area contributed by atoms with Gasteiger partial charge in [-0.1, -0.05) is 18.2 Å². The highest BCUT2D eigenvalue weighted by molar-refractivity contribution is 7.80. The Balaban J connectivity index is 0.000000315. The summed E-state index contributed by atoms with van der Waals surface area (Å²) in [6, 6.07) is 6.29. The molecule has 7 nitrogen and oxygen atoms in total. The zero-order valence-corrected chi connectivity index (χ0v) is 13.0. The van der Waals surface area contributed by atoms with Gasteiger partial charge in [0, 0.05) is 12.2 Å². The van der Waals surface area contributed by atoms with Gasteiger partial charge in [-0.05, 0) is 31.1 Å². The standard InChI is InChI=1S/C12H15N3.CH4O4S/c1-9-4-3-5-10(2)12(9)15-7-6-11(13)14-8-15;1-5-6(2,3)4/h3-6,8H,7,13H2,1-2H3;1H3,(H,2,3,4). The number of hydrogen-bond donors (Lipinski definition) is 2. The van der Waals surface area contributed by atoms with Crippen molar-refractivity contribution < 1.29 is 17.2 Å². The van der Waals surface area contributed by atoms with E-state index in [1.807, 2.05) is 6.08 Å². The highest BCUT2D eigenvalue weighted by atomic mass is 32.3. The highest BCUT2D eigenvalue weighted by Gasteiger charge is 2.11. The fourth-order valence-electron chi connectivity index (χ4n) is 1.84. The van der Waals surface area contributed by atoms with E-state index >= 15 is 0 Å². The highest BCUT2D eigenvalue weighted by Crippen LogP contribution is 2.24. The molecule has 0 bridgehead atoms. The summed E-state index contributed by atoms with van der Waals surface area (Å²) in [5, 5.41) is 0. The molecule has 1 aromatic carbocycles. The molecule has 0 spiro atoms. The van der Waals surface area contributed by atoms with E-state index in [0.717, 1.165) is 13.7 Å². The minimum Gasteiger partial charge on any atom is -0.384 e. The molecule has 1 aliphatic rings. The molecule has 116 valence electrons. The summed E-state index contributed by atoms with van der Waals surface area (Å²) in [7, 11) is -3.29. The van der Waals surface area contributed by atoms with Crippen LogP contribution in [-0.2, 0) is 14.6 Å². The van der Waals surface area contributed by atoms with Gasteiger partial charge >= 0.3 is 10.4 Å². The molecule has 1 aromatic rings. The smallest absolute Gasteiger partial charge is 0.384 e. The molecule has 0 aliphatic carbocycles. The zero-order chi connectivity index (χ0) is 16.0. The minimum atomic E-state index is -4.16. The summed E-state index contributed by atoms with van der Waals surface area (Å²) in [5.74, 6) is 0.595. The van der Waals surface area contributed by atoms with Crippen molar-refractivity contribution in [2.24, 2.45) is 10.7 Å². The Morgan fingerprint density at radius 2 is 1.86 bits per heavy atom. The van der Waals surface area contributed by atoms with Crippen LogP contribution in [0.1, 0.15) is 11.1 Å². The van der Waals surface area contributed by atoms with Gasteiger partial charge in [0.15, 0.2) is 0 Å². The lowest BCUT2D eigenvalue weighted by molar-refractivity contribution is 0.324. The Hall–Kier alpha value is -1.90. The van der Waals surface area contributed by atoms with Crippen molar-refractivity contribution >= 4 is 22.4 Å². The van der Waals surface area contributed by atoms with E-state index in [1.165, 1.54) is 16.8 Å². The molecule has 1 heterocycles. The molecular weight excluding hydrogens is 294 g/mol. The fraction of sp³-hybridized carbons (Fsp3) is 0.308. The van der Waals surface area contributed by atoms with Gasteiger partial charge in [-0.15, -0.1) is 0 Å². The van der Waals surface area contributed by atoms with Crippen molar-refractivity contribution in [1.82, 2.24) is 0 Å². The van der Waals surface area contributed by atoms with Gasteiger partial charge in [0.25, 0.3) is 0 Å². The largest absolute Gasteiger partial charge is 0.397 e. The quantitative estimate of drug-likeness (QED) is 0.799. The maximum atomic E-state index is 9.33. The molecule has 0 unspecified atom stereocenters. The Labute approximate surface area is 124 Å². The first-order valence-corrected chi connectivity index (χ1v) is 7.47. The predicted molar refractivity (Wildman–Crippen MR) is 82.6 cm³/mol. The lowest BCUT2D eigenvalue weighted by Gasteiger charge is -2.24. The second kappa shape index (κ2) is 7.21. The van der Waals surface area contributed by atoms with E-state index < -0.39 is 10.4 Å². The number of para-hydroxylation sites is 1. The number of nitrogens with zero attached hydrogens (tertiary/aromatic N) is 2. The first kappa shape index (κ1) is 17.2. The first-order valence-electron chi connectivity index (χ1n) is 6.10. The molecule has 0 amide bonds. The van der Waals surface area contributed by atoms with Crippen LogP contribution in [0.25, 0.3) is 0 Å². The zero-order valence-electron chi connectivity index (χ0n) is 12.1. The summed E-state index contributed by atoms with van der Waals surface area (Å²) >= 11 is 0. The SMILES string of the molecule is COS(=O)(=O)O.Cc1cccc(C)c1N1C=NC(N)=CC1. The number of benzene rings is 1. The van der Waals surface area contributed by atoms with Gasteiger partial charge in [0.1, 0.15) is 5.82 Å². The van der Waals surface area contributed by atoms with E-state index in [9.17, 15) is 8.42 Å². The van der Waals surface area contributed by atoms with Gasteiger partial charge in [-0.3, -0.25) is 8.74 Å². The number of aliphatic imine (C=N–C) groups is 1. The Morgan fingerprint density at radius 3 is 2.24 bits per heavy atom. The van der Waals surface area contributed by atoms with Gasteiger partial charge in [-0.25, -0.2) is 4.99 Å². The number of hydrogen-bond acceptors (Lipinski definition) is 6. The van der Waals surface area contributed by atoms with Crippen LogP contribution in [-0.4, -0.2) is 33.0 Å². The second-order valence-corrected chi connectivity index (χ2v) is 5.55. The third-order valence-electron chi connectivity index (χ3n) is 2.78. The van der Waals surface area contributed by atoms with Gasteiger partial charge in [-0.2, -0.15) is 8.42 Å². The molecular formula is C13H19N3O4S. The van der Waals surface area contributed by atoms with E-state index in [0.29, 0.717) is 5.82 Å². The predicted octanol–water partition coefficient (Wildman–Crippen LogP) is 1.39. The first-order chi connectivity index (χ1) is 9.74. The van der Waals surface area contributed by atoms with Crippen molar-refractivity contribution in [3.8, 4) is 0 Å². The van der Waals surface area contributed by atoms with Crippen LogP contribution < -0.4 is 10.6 Å². The number of aryl methyl sites for hydroxylation is 2. The molecule has 2 rings (SSSR count). The van der Waals surface area contributed by atoms with Crippen molar-refractivity contribution in [3.63, 3.8) is 0 Å². The van der Waals surface area contributed by atoms with Gasteiger partial charge in [0.2, 0.25) is 0 Å². The topological polar surface area (TPSA) is 105 Å². The maximum Gasteiger partial charge on any atom is 0.397 e. The normalized spacial score (nSPS) is 14.3. The van der Waals surface area contributed by atoms with Gasteiger partial charge < -0.3 is 10.6 Å². The third kappa shape index (κ3) is 5.54. The second-order valence-electron chi connectivity index (χ2n) is 4.36. The molecule has 21 heavy (non-hydrogen) atoms. The third-order valence-corrected chi connectivity index (χ3v) is 3.20. The van der Waals surface area contributed by atoms with E-state index in [-0.39, 0.29) is 0 Å². The molecule has 0 fully saturated rings. The van der Waals surface area contributed by atoms with Crippen molar-refractivity contribution in [3.05, 3.63) is 41.2 Å². The van der Waals surface area contributed by atoms with Crippen molar-refractivity contribution in [2.75, 3.05) is 18.6 Å². The molecule has 0 saturated carbocycles. The lowest BCUT2D eigenvalue weighted by atomic mass is 10.1. The van der Waals surface area contributed by atoms with Gasteiger partial charge in [0.05, 0.1) is 13.4 Å². The van der Waals surface area contributed by atoms with Crippen LogP contribution in [0.5, 0.6) is 0 Å². The molecule has 8 heteroatoms. The summed E-state index contributed by atoms with van der Waals surface area (Å²) in [6.07, 6.45) is 3.72. The molecule has 0 saturated heterocycles. The molecule has 0 atom stereocenters. The van der Waals surface area contributed by atoms with E-state index in [2.05, 4.69) is 46.1 Å². The molecule has 0 aromatic heterocycles. The summed E-state index contributed by atoms with van der Waals surface area (Å²) in [5.41, 5.74) is 9.33. The Kier molecular flexibility index (Phi) is 5.89. The summed E-state index contributed by atoms with van der Waals surface area (Å²) < 4.78 is 29.7. The Bertz CT molecular complexity index is 633. The Morgan fingerprint density at radius 1 is 1.33 bits per heavy atom.